The molecule has 1 atom stereocenters. The van der Waals surface area contributed by atoms with Gasteiger partial charge in [0.1, 0.15) is 5.75 Å². The summed E-state index contributed by atoms with van der Waals surface area (Å²) in [6, 6.07) is 7.07. The van der Waals surface area contributed by atoms with E-state index < -0.39 is 10.0 Å². The highest BCUT2D eigenvalue weighted by molar-refractivity contribution is 7.89. The van der Waals surface area contributed by atoms with Crippen molar-refractivity contribution in [2.24, 2.45) is 0 Å². The maximum Gasteiger partial charge on any atom is 0.212 e. The number of halogens is 1. The summed E-state index contributed by atoms with van der Waals surface area (Å²) in [6.45, 7) is 1.82. The van der Waals surface area contributed by atoms with Crippen LogP contribution < -0.4 is 9.46 Å². The summed E-state index contributed by atoms with van der Waals surface area (Å²) < 4.78 is 31.4. The summed E-state index contributed by atoms with van der Waals surface area (Å²) in [5.74, 6) is 1.35. The van der Waals surface area contributed by atoms with Crippen molar-refractivity contribution in [3.8, 4) is 5.75 Å². The predicted octanol–water partition coefficient (Wildman–Crippen LogP) is 2.69. The highest BCUT2D eigenvalue weighted by Crippen LogP contribution is 2.18. The van der Waals surface area contributed by atoms with Gasteiger partial charge in [-0.05, 0) is 37.5 Å². The molecule has 0 aliphatic rings. The molecular weight excluding hydrogens is 286 g/mol. The fourth-order valence-corrected chi connectivity index (χ4v) is 3.24. The van der Waals surface area contributed by atoms with E-state index in [-0.39, 0.29) is 11.8 Å². The average Bonchev–Trinajstić information content (AvgIpc) is 2.38. The zero-order valence-corrected chi connectivity index (χ0v) is 12.8. The van der Waals surface area contributed by atoms with Gasteiger partial charge in [-0.25, -0.2) is 13.1 Å². The zero-order chi connectivity index (χ0) is 14.3. The van der Waals surface area contributed by atoms with Crippen LogP contribution in [0.4, 0.5) is 0 Å². The van der Waals surface area contributed by atoms with Gasteiger partial charge in [-0.2, -0.15) is 0 Å². The first-order valence-electron chi connectivity index (χ1n) is 6.18. The lowest BCUT2D eigenvalue weighted by molar-refractivity contribution is 0.414. The molecule has 0 saturated carbocycles. The number of sulfonamides is 1. The Morgan fingerprint density at radius 1 is 1.26 bits per heavy atom. The summed E-state index contributed by atoms with van der Waals surface area (Å²) >= 11 is 5.53. The van der Waals surface area contributed by atoms with Crippen LogP contribution in [0.1, 0.15) is 31.4 Å². The standard InChI is InChI=1S/C13H20ClNO3S/c1-11(12-5-7-13(18-2)8-6-12)15-19(16,17)10-4-3-9-14/h5-8,11,15H,3-4,9-10H2,1-2H3. The fraction of sp³-hybridized carbons (Fsp3) is 0.538. The first-order valence-corrected chi connectivity index (χ1v) is 8.37. The first kappa shape index (κ1) is 16.3. The van der Waals surface area contributed by atoms with Crippen molar-refractivity contribution in [1.82, 2.24) is 4.72 Å². The van der Waals surface area contributed by atoms with E-state index in [4.69, 9.17) is 16.3 Å². The van der Waals surface area contributed by atoms with Crippen molar-refractivity contribution in [3.63, 3.8) is 0 Å². The van der Waals surface area contributed by atoms with E-state index in [9.17, 15) is 8.42 Å². The predicted molar refractivity (Wildman–Crippen MR) is 78.3 cm³/mol. The molecule has 0 spiro atoms. The number of unbranched alkanes of at least 4 members (excludes halogenated alkanes) is 1. The maximum absolute atomic E-state index is 11.8. The van der Waals surface area contributed by atoms with Crippen LogP contribution in [0.15, 0.2) is 24.3 Å². The largest absolute Gasteiger partial charge is 0.497 e. The highest BCUT2D eigenvalue weighted by Gasteiger charge is 2.15. The molecule has 0 bridgehead atoms. The van der Waals surface area contributed by atoms with Crippen LogP contribution >= 0.6 is 11.6 Å². The van der Waals surface area contributed by atoms with E-state index in [2.05, 4.69) is 4.72 Å². The SMILES string of the molecule is COc1ccc(C(C)NS(=O)(=O)CCCCCl)cc1. The molecule has 0 saturated heterocycles. The van der Waals surface area contributed by atoms with Gasteiger partial charge >= 0.3 is 0 Å². The average molecular weight is 306 g/mol. The molecule has 19 heavy (non-hydrogen) atoms. The number of hydrogen-bond donors (Lipinski definition) is 1. The molecule has 6 heteroatoms. The van der Waals surface area contributed by atoms with Gasteiger partial charge in [-0.15, -0.1) is 11.6 Å². The Morgan fingerprint density at radius 3 is 2.42 bits per heavy atom. The number of methoxy groups -OCH3 is 1. The third kappa shape index (κ3) is 5.80. The lowest BCUT2D eigenvalue weighted by atomic mass is 10.1. The van der Waals surface area contributed by atoms with Crippen LogP contribution in [0.5, 0.6) is 5.75 Å². The lowest BCUT2D eigenvalue weighted by Crippen LogP contribution is -2.29. The Hall–Kier alpha value is -0.780. The molecule has 0 fully saturated rings. The van der Waals surface area contributed by atoms with Crippen molar-refractivity contribution in [2.75, 3.05) is 18.7 Å². The van der Waals surface area contributed by atoms with Gasteiger partial charge in [0.05, 0.1) is 12.9 Å². The van der Waals surface area contributed by atoms with Gasteiger partial charge in [-0.1, -0.05) is 12.1 Å². The van der Waals surface area contributed by atoms with Crippen LogP contribution in [0.2, 0.25) is 0 Å². The van der Waals surface area contributed by atoms with Crippen molar-refractivity contribution < 1.29 is 13.2 Å². The van der Waals surface area contributed by atoms with Gasteiger partial charge in [0, 0.05) is 11.9 Å². The summed E-state index contributed by atoms with van der Waals surface area (Å²) in [4.78, 5) is 0. The third-order valence-corrected chi connectivity index (χ3v) is 4.57. The topological polar surface area (TPSA) is 55.4 Å². The lowest BCUT2D eigenvalue weighted by Gasteiger charge is -2.15. The van der Waals surface area contributed by atoms with Gasteiger partial charge in [0.15, 0.2) is 0 Å². The Bertz CT molecular complexity index is 473. The third-order valence-electron chi connectivity index (χ3n) is 2.77. The Kier molecular flexibility index (Phi) is 6.62. The molecule has 1 N–H and O–H groups in total. The molecule has 1 unspecified atom stereocenters. The number of benzene rings is 1. The van der Waals surface area contributed by atoms with E-state index in [0.717, 1.165) is 11.3 Å². The smallest absolute Gasteiger partial charge is 0.212 e. The van der Waals surface area contributed by atoms with Gasteiger partial charge in [-0.3, -0.25) is 0 Å². The summed E-state index contributed by atoms with van der Waals surface area (Å²) in [5, 5.41) is 0. The van der Waals surface area contributed by atoms with E-state index >= 15 is 0 Å². The second kappa shape index (κ2) is 7.72. The van der Waals surface area contributed by atoms with Crippen molar-refractivity contribution in [3.05, 3.63) is 29.8 Å². The number of hydrogen-bond acceptors (Lipinski definition) is 3. The molecule has 0 heterocycles. The highest BCUT2D eigenvalue weighted by atomic mass is 35.5. The molecule has 1 aromatic carbocycles. The minimum absolute atomic E-state index is 0.111. The van der Waals surface area contributed by atoms with Gasteiger partial charge < -0.3 is 4.74 Å². The molecule has 0 amide bonds. The van der Waals surface area contributed by atoms with Crippen molar-refractivity contribution in [2.45, 2.75) is 25.8 Å². The van der Waals surface area contributed by atoms with Gasteiger partial charge in [0.2, 0.25) is 10.0 Å². The molecule has 0 aliphatic carbocycles. The van der Waals surface area contributed by atoms with E-state index in [1.165, 1.54) is 0 Å². The van der Waals surface area contributed by atoms with E-state index in [1.54, 1.807) is 7.11 Å². The zero-order valence-electron chi connectivity index (χ0n) is 11.2. The Morgan fingerprint density at radius 2 is 1.89 bits per heavy atom. The van der Waals surface area contributed by atoms with E-state index in [1.807, 2.05) is 31.2 Å². The molecule has 0 aromatic heterocycles. The summed E-state index contributed by atoms with van der Waals surface area (Å²) in [5.41, 5.74) is 0.904. The van der Waals surface area contributed by atoms with Crippen LogP contribution in [0.3, 0.4) is 0 Å². The Labute approximate surface area is 120 Å². The Balaban J connectivity index is 2.59. The minimum atomic E-state index is -3.26. The molecule has 108 valence electrons. The second-order valence-electron chi connectivity index (χ2n) is 4.33. The van der Waals surface area contributed by atoms with E-state index in [0.29, 0.717) is 18.7 Å². The first-order chi connectivity index (χ1) is 8.98. The number of nitrogens with one attached hydrogen (secondary N) is 1. The van der Waals surface area contributed by atoms with Gasteiger partial charge in [0.25, 0.3) is 0 Å². The van der Waals surface area contributed by atoms with Crippen LogP contribution in [0, 0.1) is 0 Å². The number of ether oxygens (including phenoxy) is 1. The molecular formula is C13H20ClNO3S. The number of alkyl halides is 1. The second-order valence-corrected chi connectivity index (χ2v) is 6.58. The molecule has 1 aromatic rings. The minimum Gasteiger partial charge on any atom is -0.497 e. The molecule has 4 nitrogen and oxygen atoms in total. The van der Waals surface area contributed by atoms with Crippen LogP contribution in [0.25, 0.3) is 0 Å². The van der Waals surface area contributed by atoms with Crippen LogP contribution in [-0.2, 0) is 10.0 Å². The summed E-state index contributed by atoms with van der Waals surface area (Å²) in [6.07, 6.45) is 1.29. The molecule has 0 aliphatic heterocycles. The maximum atomic E-state index is 11.8. The quantitative estimate of drug-likeness (QED) is 0.593. The summed E-state index contributed by atoms with van der Waals surface area (Å²) in [7, 11) is -1.66. The fourth-order valence-electron chi connectivity index (χ4n) is 1.68. The van der Waals surface area contributed by atoms with Crippen molar-refractivity contribution >= 4 is 21.6 Å². The monoisotopic (exact) mass is 305 g/mol. The molecule has 0 radical (unpaired) electrons. The normalized spacial score (nSPS) is 13.2. The van der Waals surface area contributed by atoms with Crippen molar-refractivity contribution in [1.29, 1.82) is 0 Å². The molecule has 1 rings (SSSR count). The number of rotatable bonds is 8. The van der Waals surface area contributed by atoms with Crippen LogP contribution in [-0.4, -0.2) is 27.2 Å².